The van der Waals surface area contributed by atoms with Crippen molar-refractivity contribution in [1.82, 2.24) is 5.16 Å². The molecule has 0 aliphatic carbocycles. The van der Waals surface area contributed by atoms with Crippen LogP contribution in [0.2, 0.25) is 10.2 Å². The Labute approximate surface area is 85.1 Å². The molecule has 0 fully saturated rings. The van der Waals surface area contributed by atoms with Gasteiger partial charge in [0, 0.05) is 5.02 Å². The van der Waals surface area contributed by atoms with Gasteiger partial charge in [-0.25, -0.2) is 0 Å². The number of halogens is 2. The second kappa shape index (κ2) is 3.40. The molecule has 0 saturated carbocycles. The van der Waals surface area contributed by atoms with Crippen molar-refractivity contribution in [3.05, 3.63) is 40.7 Å². The standard InChI is InChI=1S/C9H5Cl2NO/c10-7-3-1-6(2-4-7)8-5-12-13-9(8)11/h1-5H. The second-order valence-electron chi connectivity index (χ2n) is 2.52. The number of hydrogen-bond donors (Lipinski definition) is 0. The fourth-order valence-electron chi connectivity index (χ4n) is 1.04. The van der Waals surface area contributed by atoms with Crippen LogP contribution < -0.4 is 0 Å². The maximum Gasteiger partial charge on any atom is 0.233 e. The van der Waals surface area contributed by atoms with Crippen molar-refractivity contribution >= 4 is 23.2 Å². The van der Waals surface area contributed by atoms with E-state index in [1.165, 1.54) is 0 Å². The first-order chi connectivity index (χ1) is 6.27. The van der Waals surface area contributed by atoms with Gasteiger partial charge < -0.3 is 4.52 Å². The molecule has 0 aliphatic rings. The maximum absolute atomic E-state index is 5.75. The average molecular weight is 214 g/mol. The van der Waals surface area contributed by atoms with E-state index in [9.17, 15) is 0 Å². The summed E-state index contributed by atoms with van der Waals surface area (Å²) in [4.78, 5) is 0. The van der Waals surface area contributed by atoms with E-state index in [4.69, 9.17) is 27.7 Å². The Bertz CT molecular complexity index is 408. The van der Waals surface area contributed by atoms with Crippen LogP contribution >= 0.6 is 23.2 Å². The minimum absolute atomic E-state index is 0.294. The monoisotopic (exact) mass is 213 g/mol. The zero-order valence-corrected chi connectivity index (χ0v) is 8.01. The van der Waals surface area contributed by atoms with E-state index in [1.807, 2.05) is 12.1 Å². The number of nitrogens with zero attached hydrogens (tertiary/aromatic N) is 1. The first-order valence-corrected chi connectivity index (χ1v) is 4.39. The molecular formula is C9H5Cl2NO. The summed E-state index contributed by atoms with van der Waals surface area (Å²) < 4.78 is 4.73. The molecule has 2 rings (SSSR count). The molecule has 0 atom stereocenters. The highest BCUT2D eigenvalue weighted by Crippen LogP contribution is 2.27. The second-order valence-corrected chi connectivity index (χ2v) is 3.30. The molecule has 66 valence electrons. The predicted octanol–water partition coefficient (Wildman–Crippen LogP) is 3.65. The zero-order valence-electron chi connectivity index (χ0n) is 6.50. The Balaban J connectivity index is 2.47. The third-order valence-corrected chi connectivity index (χ3v) is 2.21. The number of benzene rings is 1. The number of hydrogen-bond acceptors (Lipinski definition) is 2. The molecule has 0 saturated heterocycles. The maximum atomic E-state index is 5.75. The number of aromatic nitrogens is 1. The van der Waals surface area contributed by atoms with Crippen LogP contribution in [0.1, 0.15) is 0 Å². The van der Waals surface area contributed by atoms with Crippen molar-refractivity contribution in [2.45, 2.75) is 0 Å². The fourth-order valence-corrected chi connectivity index (χ4v) is 1.37. The summed E-state index contributed by atoms with van der Waals surface area (Å²) >= 11 is 11.5. The largest absolute Gasteiger partial charge is 0.344 e. The molecule has 0 aliphatic heterocycles. The van der Waals surface area contributed by atoms with Crippen LogP contribution in [0.25, 0.3) is 11.1 Å². The number of rotatable bonds is 1. The van der Waals surface area contributed by atoms with E-state index in [-0.39, 0.29) is 0 Å². The summed E-state index contributed by atoms with van der Waals surface area (Å²) in [6, 6.07) is 7.31. The molecule has 0 unspecified atom stereocenters. The first kappa shape index (κ1) is 8.60. The van der Waals surface area contributed by atoms with Crippen LogP contribution in [0.15, 0.2) is 35.0 Å². The quantitative estimate of drug-likeness (QED) is 0.723. The van der Waals surface area contributed by atoms with Crippen LogP contribution in [0.3, 0.4) is 0 Å². The molecule has 0 spiro atoms. The molecule has 2 nitrogen and oxygen atoms in total. The van der Waals surface area contributed by atoms with Crippen molar-refractivity contribution in [1.29, 1.82) is 0 Å². The molecule has 0 amide bonds. The molecule has 4 heteroatoms. The molecule has 1 aromatic heterocycles. The zero-order chi connectivity index (χ0) is 9.26. The minimum Gasteiger partial charge on any atom is -0.344 e. The summed E-state index contributed by atoms with van der Waals surface area (Å²) in [6.45, 7) is 0. The fraction of sp³-hybridized carbons (Fsp3) is 0. The van der Waals surface area contributed by atoms with Crippen LogP contribution in [0.5, 0.6) is 0 Å². The van der Waals surface area contributed by atoms with Crippen LogP contribution in [0, 0.1) is 0 Å². The van der Waals surface area contributed by atoms with Crippen molar-refractivity contribution in [3.63, 3.8) is 0 Å². The highest BCUT2D eigenvalue weighted by molar-refractivity contribution is 6.31. The van der Waals surface area contributed by atoms with Gasteiger partial charge in [0.1, 0.15) is 0 Å². The molecular weight excluding hydrogens is 209 g/mol. The van der Waals surface area contributed by atoms with Gasteiger partial charge in [-0.1, -0.05) is 28.9 Å². The SMILES string of the molecule is Clc1ccc(-c2cnoc2Cl)cc1. The molecule has 13 heavy (non-hydrogen) atoms. The molecule has 0 radical (unpaired) electrons. The summed E-state index contributed by atoms with van der Waals surface area (Å²) in [5.74, 6) is 0. The van der Waals surface area contributed by atoms with Gasteiger partial charge in [-0.15, -0.1) is 0 Å². The first-order valence-electron chi connectivity index (χ1n) is 3.63. The van der Waals surface area contributed by atoms with Crippen molar-refractivity contribution in [2.75, 3.05) is 0 Å². The van der Waals surface area contributed by atoms with Gasteiger partial charge in [0.25, 0.3) is 0 Å². The van der Waals surface area contributed by atoms with Crippen molar-refractivity contribution < 1.29 is 4.52 Å². The molecule has 2 aromatic rings. The molecule has 1 heterocycles. The topological polar surface area (TPSA) is 26.0 Å². The van der Waals surface area contributed by atoms with Gasteiger partial charge in [-0.3, -0.25) is 0 Å². The van der Waals surface area contributed by atoms with Crippen LogP contribution in [-0.4, -0.2) is 5.16 Å². The predicted molar refractivity (Wildman–Crippen MR) is 52.0 cm³/mol. The lowest BCUT2D eigenvalue weighted by Crippen LogP contribution is -1.73. The van der Waals surface area contributed by atoms with Crippen LogP contribution in [0.4, 0.5) is 0 Å². The van der Waals surface area contributed by atoms with Gasteiger partial charge in [0.05, 0.1) is 11.8 Å². The minimum atomic E-state index is 0.294. The van der Waals surface area contributed by atoms with Gasteiger partial charge in [-0.2, -0.15) is 0 Å². The van der Waals surface area contributed by atoms with E-state index in [0.717, 1.165) is 11.1 Å². The summed E-state index contributed by atoms with van der Waals surface area (Å²) in [7, 11) is 0. The van der Waals surface area contributed by atoms with Gasteiger partial charge >= 0.3 is 0 Å². The summed E-state index contributed by atoms with van der Waals surface area (Å²) in [6.07, 6.45) is 1.57. The highest BCUT2D eigenvalue weighted by atomic mass is 35.5. The van der Waals surface area contributed by atoms with Crippen LogP contribution in [-0.2, 0) is 0 Å². The third kappa shape index (κ3) is 1.69. The van der Waals surface area contributed by atoms with Gasteiger partial charge in [0.2, 0.25) is 5.22 Å². The van der Waals surface area contributed by atoms with Crippen molar-refractivity contribution in [3.8, 4) is 11.1 Å². The molecule has 1 aromatic carbocycles. The Morgan fingerprint density at radius 1 is 1.08 bits per heavy atom. The molecule has 0 N–H and O–H groups in total. The van der Waals surface area contributed by atoms with Crippen molar-refractivity contribution in [2.24, 2.45) is 0 Å². The Hall–Kier alpha value is -0.990. The lowest BCUT2D eigenvalue weighted by molar-refractivity contribution is 0.422. The van der Waals surface area contributed by atoms with E-state index >= 15 is 0 Å². The van der Waals surface area contributed by atoms with E-state index in [2.05, 4.69) is 5.16 Å². The van der Waals surface area contributed by atoms with Gasteiger partial charge in [0.15, 0.2) is 0 Å². The molecule has 0 bridgehead atoms. The summed E-state index contributed by atoms with van der Waals surface area (Å²) in [5.41, 5.74) is 1.72. The Kier molecular flexibility index (Phi) is 2.25. The third-order valence-electron chi connectivity index (χ3n) is 1.68. The van der Waals surface area contributed by atoms with Gasteiger partial charge in [-0.05, 0) is 29.3 Å². The smallest absolute Gasteiger partial charge is 0.233 e. The lowest BCUT2D eigenvalue weighted by atomic mass is 10.1. The Morgan fingerprint density at radius 2 is 1.77 bits per heavy atom. The van der Waals surface area contributed by atoms with E-state index in [0.29, 0.717) is 10.2 Å². The summed E-state index contributed by atoms with van der Waals surface area (Å²) in [5, 5.41) is 4.57. The van der Waals surface area contributed by atoms with E-state index in [1.54, 1.807) is 18.3 Å². The Morgan fingerprint density at radius 3 is 2.31 bits per heavy atom. The average Bonchev–Trinajstić information content (AvgIpc) is 2.53. The van der Waals surface area contributed by atoms with E-state index < -0.39 is 0 Å². The highest BCUT2D eigenvalue weighted by Gasteiger charge is 2.06. The lowest BCUT2D eigenvalue weighted by Gasteiger charge is -1.95. The normalized spacial score (nSPS) is 10.3.